The first kappa shape index (κ1) is 13.8. The molecular formula is C13H15ClN2O3. The molecule has 1 heterocycles. The van der Waals surface area contributed by atoms with E-state index in [9.17, 15) is 9.59 Å². The lowest BCUT2D eigenvalue weighted by atomic mass is 9.95. The highest BCUT2D eigenvalue weighted by Gasteiger charge is 2.41. The molecule has 102 valence electrons. The first-order chi connectivity index (χ1) is 8.97. The largest absolute Gasteiger partial charge is 0.481 e. The second-order valence-corrected chi connectivity index (χ2v) is 5.37. The number of carbonyl (C=O) groups excluding carboxylic acids is 1. The number of aromatic nitrogens is 1. The molecule has 0 aromatic carbocycles. The van der Waals surface area contributed by atoms with E-state index in [1.54, 1.807) is 12.1 Å². The number of anilines is 1. The average Bonchev–Trinajstić information content (AvgIpc) is 2.74. The first-order valence-corrected chi connectivity index (χ1v) is 6.50. The van der Waals surface area contributed by atoms with Crippen LogP contribution in [0.5, 0.6) is 0 Å². The van der Waals surface area contributed by atoms with Gasteiger partial charge in [-0.1, -0.05) is 18.5 Å². The number of pyridine rings is 1. The molecule has 2 N–H and O–H groups in total. The van der Waals surface area contributed by atoms with Crippen molar-refractivity contribution in [2.24, 2.45) is 17.8 Å². The highest BCUT2D eigenvalue weighted by Crippen LogP contribution is 2.37. The Bertz CT molecular complexity index is 489. The fourth-order valence-corrected chi connectivity index (χ4v) is 2.65. The van der Waals surface area contributed by atoms with Crippen molar-refractivity contribution in [2.45, 2.75) is 19.8 Å². The highest BCUT2D eigenvalue weighted by atomic mass is 35.5. The van der Waals surface area contributed by atoms with Crippen LogP contribution < -0.4 is 5.32 Å². The van der Waals surface area contributed by atoms with Gasteiger partial charge in [0.15, 0.2) is 0 Å². The Balaban J connectivity index is 2.06. The number of rotatable bonds is 3. The van der Waals surface area contributed by atoms with Crippen molar-refractivity contribution in [3.63, 3.8) is 0 Å². The SMILES string of the molecule is CC1C[C@H](C(=O)Nc2ccc(Cl)nc2)[C@H](C(=O)O)C1. The van der Waals surface area contributed by atoms with Gasteiger partial charge < -0.3 is 10.4 Å². The zero-order valence-corrected chi connectivity index (χ0v) is 11.2. The fraction of sp³-hybridized carbons (Fsp3) is 0.462. The quantitative estimate of drug-likeness (QED) is 0.835. The van der Waals surface area contributed by atoms with E-state index in [1.165, 1.54) is 6.20 Å². The van der Waals surface area contributed by atoms with E-state index in [2.05, 4.69) is 10.3 Å². The van der Waals surface area contributed by atoms with Crippen LogP contribution in [0.3, 0.4) is 0 Å². The average molecular weight is 283 g/mol. The maximum atomic E-state index is 12.1. The number of halogens is 1. The number of amides is 1. The van der Waals surface area contributed by atoms with Crippen molar-refractivity contribution >= 4 is 29.2 Å². The minimum Gasteiger partial charge on any atom is -0.481 e. The Labute approximate surface area is 116 Å². The molecule has 1 aromatic rings. The minimum atomic E-state index is -0.904. The second-order valence-electron chi connectivity index (χ2n) is 4.99. The topological polar surface area (TPSA) is 79.3 Å². The van der Waals surface area contributed by atoms with Crippen LogP contribution >= 0.6 is 11.6 Å². The normalized spacial score (nSPS) is 26.1. The standard InChI is InChI=1S/C13H15ClN2O3/c1-7-4-9(10(5-7)13(18)19)12(17)16-8-2-3-11(14)15-6-8/h2-3,6-7,9-10H,4-5H2,1H3,(H,16,17)(H,18,19)/t7?,9-,10+/m0/s1. The van der Waals surface area contributed by atoms with Gasteiger partial charge in [0.2, 0.25) is 5.91 Å². The molecule has 0 saturated heterocycles. The summed E-state index contributed by atoms with van der Waals surface area (Å²) >= 11 is 5.66. The smallest absolute Gasteiger partial charge is 0.307 e. The molecular weight excluding hydrogens is 268 g/mol. The van der Waals surface area contributed by atoms with Crippen molar-refractivity contribution in [3.05, 3.63) is 23.5 Å². The van der Waals surface area contributed by atoms with E-state index in [-0.39, 0.29) is 11.8 Å². The molecule has 2 rings (SSSR count). The van der Waals surface area contributed by atoms with Gasteiger partial charge in [-0.2, -0.15) is 0 Å². The molecule has 0 bridgehead atoms. The predicted octanol–water partition coefficient (Wildman–Crippen LogP) is 2.42. The number of carboxylic acids is 1. The summed E-state index contributed by atoms with van der Waals surface area (Å²) in [6.45, 7) is 1.97. The van der Waals surface area contributed by atoms with Gasteiger partial charge in [-0.15, -0.1) is 0 Å². The monoisotopic (exact) mass is 282 g/mol. The van der Waals surface area contributed by atoms with Gasteiger partial charge in [0, 0.05) is 0 Å². The summed E-state index contributed by atoms with van der Waals surface area (Å²) in [5.74, 6) is -2.00. The third-order valence-corrected chi connectivity index (χ3v) is 3.67. The summed E-state index contributed by atoms with van der Waals surface area (Å²) < 4.78 is 0. The zero-order valence-electron chi connectivity index (χ0n) is 10.5. The van der Waals surface area contributed by atoms with Gasteiger partial charge >= 0.3 is 5.97 Å². The predicted molar refractivity (Wildman–Crippen MR) is 70.9 cm³/mol. The Morgan fingerprint density at radius 2 is 2.05 bits per heavy atom. The van der Waals surface area contributed by atoms with E-state index < -0.39 is 17.8 Å². The van der Waals surface area contributed by atoms with Gasteiger partial charge in [0.05, 0.1) is 23.7 Å². The fourth-order valence-electron chi connectivity index (χ4n) is 2.54. The van der Waals surface area contributed by atoms with Crippen LogP contribution in [0.2, 0.25) is 5.15 Å². The van der Waals surface area contributed by atoms with Gasteiger partial charge in [0.25, 0.3) is 0 Å². The van der Waals surface area contributed by atoms with Gasteiger partial charge in [-0.05, 0) is 30.9 Å². The number of aliphatic carboxylic acids is 1. The van der Waals surface area contributed by atoms with Gasteiger partial charge in [-0.3, -0.25) is 9.59 Å². The molecule has 19 heavy (non-hydrogen) atoms. The molecule has 5 nitrogen and oxygen atoms in total. The minimum absolute atomic E-state index is 0.250. The first-order valence-electron chi connectivity index (χ1n) is 6.12. The van der Waals surface area contributed by atoms with Crippen molar-refractivity contribution < 1.29 is 14.7 Å². The Kier molecular flexibility index (Phi) is 4.04. The lowest BCUT2D eigenvalue weighted by Gasteiger charge is -2.15. The summed E-state index contributed by atoms with van der Waals surface area (Å²) in [5.41, 5.74) is 0.526. The maximum absolute atomic E-state index is 12.1. The third-order valence-electron chi connectivity index (χ3n) is 3.45. The molecule has 1 saturated carbocycles. The summed E-state index contributed by atoms with van der Waals surface area (Å²) in [5, 5.41) is 12.2. The van der Waals surface area contributed by atoms with Crippen LogP contribution in [-0.2, 0) is 9.59 Å². The van der Waals surface area contributed by atoms with Crippen LogP contribution in [0.15, 0.2) is 18.3 Å². The third kappa shape index (κ3) is 3.23. The van der Waals surface area contributed by atoms with E-state index in [0.29, 0.717) is 23.7 Å². The zero-order chi connectivity index (χ0) is 14.0. The molecule has 1 amide bonds. The molecule has 1 unspecified atom stereocenters. The van der Waals surface area contributed by atoms with Gasteiger partial charge in [-0.25, -0.2) is 4.98 Å². The van der Waals surface area contributed by atoms with E-state index >= 15 is 0 Å². The number of carboxylic acid groups (broad SMARTS) is 1. The summed E-state index contributed by atoms with van der Waals surface area (Å²) in [6, 6.07) is 3.21. The van der Waals surface area contributed by atoms with Gasteiger partial charge in [0.1, 0.15) is 5.15 Å². The summed E-state index contributed by atoms with van der Waals surface area (Å²) in [4.78, 5) is 27.1. The van der Waals surface area contributed by atoms with Crippen LogP contribution in [0, 0.1) is 17.8 Å². The molecule has 0 radical (unpaired) electrons. The van der Waals surface area contributed by atoms with E-state index in [0.717, 1.165) is 0 Å². The van der Waals surface area contributed by atoms with Crippen molar-refractivity contribution in [1.82, 2.24) is 4.98 Å². The van der Waals surface area contributed by atoms with Crippen molar-refractivity contribution in [1.29, 1.82) is 0 Å². The Hall–Kier alpha value is -1.62. The Morgan fingerprint density at radius 1 is 1.37 bits per heavy atom. The summed E-state index contributed by atoms with van der Waals surface area (Å²) in [7, 11) is 0. The molecule has 1 aliphatic rings. The van der Waals surface area contributed by atoms with Crippen LogP contribution in [0.25, 0.3) is 0 Å². The van der Waals surface area contributed by atoms with Crippen LogP contribution in [0.4, 0.5) is 5.69 Å². The highest BCUT2D eigenvalue weighted by molar-refractivity contribution is 6.29. The van der Waals surface area contributed by atoms with E-state index in [1.807, 2.05) is 6.92 Å². The summed E-state index contributed by atoms with van der Waals surface area (Å²) in [6.07, 6.45) is 2.60. The molecule has 1 aliphatic carbocycles. The number of hydrogen-bond donors (Lipinski definition) is 2. The van der Waals surface area contributed by atoms with Crippen LogP contribution in [0.1, 0.15) is 19.8 Å². The van der Waals surface area contributed by atoms with Crippen LogP contribution in [-0.4, -0.2) is 22.0 Å². The number of hydrogen-bond acceptors (Lipinski definition) is 3. The maximum Gasteiger partial charge on any atom is 0.307 e. The second kappa shape index (κ2) is 5.57. The number of carbonyl (C=O) groups is 2. The molecule has 3 atom stereocenters. The molecule has 1 fully saturated rings. The molecule has 0 spiro atoms. The lowest BCUT2D eigenvalue weighted by Crippen LogP contribution is -2.30. The van der Waals surface area contributed by atoms with Crippen molar-refractivity contribution in [2.75, 3.05) is 5.32 Å². The molecule has 0 aliphatic heterocycles. The van der Waals surface area contributed by atoms with E-state index in [4.69, 9.17) is 16.7 Å². The molecule has 6 heteroatoms. The number of nitrogens with zero attached hydrogens (tertiary/aromatic N) is 1. The lowest BCUT2D eigenvalue weighted by molar-refractivity contribution is -0.145. The van der Waals surface area contributed by atoms with Crippen molar-refractivity contribution in [3.8, 4) is 0 Å². The molecule has 1 aromatic heterocycles. The number of nitrogens with one attached hydrogen (secondary N) is 1. The Morgan fingerprint density at radius 3 is 2.63 bits per heavy atom.